The van der Waals surface area contributed by atoms with E-state index >= 15 is 0 Å². The number of aryl methyl sites for hydroxylation is 1. The highest BCUT2D eigenvalue weighted by Crippen LogP contribution is 2.30. The first-order valence-electron chi connectivity index (χ1n) is 7.70. The van der Waals surface area contributed by atoms with E-state index in [0.717, 1.165) is 5.56 Å². The van der Waals surface area contributed by atoms with E-state index in [1.54, 1.807) is 36.4 Å². The minimum absolute atomic E-state index is 0.117. The van der Waals surface area contributed by atoms with Gasteiger partial charge in [-0.15, -0.1) is 10.2 Å². The molecule has 0 aliphatic rings. The number of nitrogens with zero attached hydrogens (tertiary/aromatic N) is 3. The topological polar surface area (TPSA) is 85.8 Å². The molecule has 3 aromatic rings. The van der Waals surface area contributed by atoms with Crippen molar-refractivity contribution in [3.63, 3.8) is 0 Å². The number of thioether (sulfide) groups is 1. The molecule has 0 bridgehead atoms. The monoisotopic (exact) mass is 441 g/mol. The number of benzene rings is 2. The molecule has 1 amide bonds. The largest absolute Gasteiger partial charge is 0.335 e. The van der Waals surface area contributed by atoms with E-state index in [2.05, 4.69) is 15.5 Å². The Kier molecular flexibility index (Phi) is 6.16. The van der Waals surface area contributed by atoms with Crippen LogP contribution in [0.2, 0.25) is 15.1 Å². The molecule has 0 radical (unpaired) electrons. The van der Waals surface area contributed by atoms with Gasteiger partial charge in [0.15, 0.2) is 5.82 Å². The minimum atomic E-state index is -0.195. The summed E-state index contributed by atoms with van der Waals surface area (Å²) in [5.41, 5.74) is 2.18. The second-order valence-corrected chi connectivity index (χ2v) is 7.82. The molecule has 0 saturated heterocycles. The van der Waals surface area contributed by atoms with Crippen molar-refractivity contribution < 1.29 is 4.79 Å². The first-order valence-corrected chi connectivity index (χ1v) is 9.82. The van der Waals surface area contributed by atoms with Crippen LogP contribution in [0.1, 0.15) is 5.56 Å². The second kappa shape index (κ2) is 8.39. The van der Waals surface area contributed by atoms with Crippen molar-refractivity contribution in [3.05, 3.63) is 57.0 Å². The van der Waals surface area contributed by atoms with E-state index < -0.39 is 0 Å². The molecule has 2 aromatic carbocycles. The number of hydrogen-bond donors (Lipinski definition) is 2. The molecule has 3 N–H and O–H groups in total. The van der Waals surface area contributed by atoms with Crippen molar-refractivity contribution in [1.29, 1.82) is 0 Å². The van der Waals surface area contributed by atoms with Crippen molar-refractivity contribution in [2.75, 3.05) is 16.9 Å². The van der Waals surface area contributed by atoms with E-state index in [4.69, 9.17) is 40.6 Å². The number of hydrogen-bond acceptors (Lipinski definition) is 5. The Morgan fingerprint density at radius 1 is 1.15 bits per heavy atom. The highest BCUT2D eigenvalue weighted by Gasteiger charge is 2.16. The van der Waals surface area contributed by atoms with Crippen LogP contribution in [0.4, 0.5) is 5.69 Å². The molecule has 1 heterocycles. The van der Waals surface area contributed by atoms with Gasteiger partial charge >= 0.3 is 0 Å². The number of nitrogens with two attached hydrogens (primary N) is 1. The summed E-state index contributed by atoms with van der Waals surface area (Å²) in [6, 6.07) is 10.3. The average Bonchev–Trinajstić information content (AvgIpc) is 2.96. The first-order chi connectivity index (χ1) is 12.8. The van der Waals surface area contributed by atoms with Gasteiger partial charge in [0.2, 0.25) is 11.1 Å². The maximum absolute atomic E-state index is 12.2. The van der Waals surface area contributed by atoms with E-state index in [1.165, 1.54) is 16.4 Å². The van der Waals surface area contributed by atoms with Gasteiger partial charge in [-0.25, -0.2) is 4.68 Å². The summed E-state index contributed by atoms with van der Waals surface area (Å²) in [5.74, 6) is 6.36. The van der Waals surface area contributed by atoms with Crippen LogP contribution >= 0.6 is 46.6 Å². The Balaban J connectivity index is 1.68. The van der Waals surface area contributed by atoms with Gasteiger partial charge in [-0.2, -0.15) is 0 Å². The van der Waals surface area contributed by atoms with E-state index in [9.17, 15) is 4.79 Å². The Hall–Kier alpha value is -1.93. The minimum Gasteiger partial charge on any atom is -0.335 e. The van der Waals surface area contributed by atoms with Crippen LogP contribution < -0.4 is 11.2 Å². The van der Waals surface area contributed by atoms with Gasteiger partial charge in [0, 0.05) is 21.3 Å². The van der Waals surface area contributed by atoms with Crippen LogP contribution in [0.15, 0.2) is 41.6 Å². The third-order valence-electron chi connectivity index (χ3n) is 3.63. The Bertz CT molecular complexity index is 1010. The molecule has 0 saturated carbocycles. The Morgan fingerprint density at radius 2 is 1.85 bits per heavy atom. The molecule has 6 nitrogen and oxygen atoms in total. The molecule has 1 aromatic heterocycles. The summed E-state index contributed by atoms with van der Waals surface area (Å²) in [4.78, 5) is 12.2. The lowest BCUT2D eigenvalue weighted by Gasteiger charge is -2.08. The SMILES string of the molecule is Cc1cc(Cl)ccc1NC(=O)CSc1nnc(-c2ccc(Cl)cc2Cl)n1N. The van der Waals surface area contributed by atoms with Crippen molar-refractivity contribution in [3.8, 4) is 11.4 Å². The van der Waals surface area contributed by atoms with E-state index in [1.807, 2.05) is 6.92 Å². The van der Waals surface area contributed by atoms with Crippen LogP contribution in [0, 0.1) is 6.92 Å². The zero-order chi connectivity index (χ0) is 19.6. The summed E-state index contributed by atoms with van der Waals surface area (Å²) in [6.45, 7) is 1.87. The summed E-state index contributed by atoms with van der Waals surface area (Å²) >= 11 is 19.2. The van der Waals surface area contributed by atoms with Gasteiger partial charge in [0.05, 0.1) is 10.8 Å². The summed E-state index contributed by atoms with van der Waals surface area (Å²) < 4.78 is 1.29. The van der Waals surface area contributed by atoms with E-state index in [-0.39, 0.29) is 11.7 Å². The second-order valence-electron chi connectivity index (χ2n) is 5.60. The fourth-order valence-electron chi connectivity index (χ4n) is 2.31. The zero-order valence-electron chi connectivity index (χ0n) is 14.0. The van der Waals surface area contributed by atoms with Crippen LogP contribution in [-0.2, 0) is 4.79 Å². The quantitative estimate of drug-likeness (QED) is 0.443. The molecule has 0 atom stereocenters. The van der Waals surface area contributed by atoms with Gasteiger partial charge < -0.3 is 11.2 Å². The normalized spacial score (nSPS) is 10.8. The van der Waals surface area contributed by atoms with Gasteiger partial charge in [-0.3, -0.25) is 4.79 Å². The van der Waals surface area contributed by atoms with Crippen molar-refractivity contribution >= 4 is 58.2 Å². The molecule has 3 rings (SSSR count). The smallest absolute Gasteiger partial charge is 0.234 e. The number of nitrogens with one attached hydrogen (secondary N) is 1. The lowest BCUT2D eigenvalue weighted by atomic mass is 10.2. The Labute approximate surface area is 175 Å². The lowest BCUT2D eigenvalue weighted by Crippen LogP contribution is -2.17. The van der Waals surface area contributed by atoms with Gasteiger partial charge in [-0.1, -0.05) is 46.6 Å². The van der Waals surface area contributed by atoms with Gasteiger partial charge in [0.25, 0.3) is 0 Å². The molecule has 10 heteroatoms. The zero-order valence-corrected chi connectivity index (χ0v) is 17.1. The third kappa shape index (κ3) is 4.68. The van der Waals surface area contributed by atoms with Crippen LogP contribution in [0.5, 0.6) is 0 Å². The molecule has 0 spiro atoms. The number of carbonyl (C=O) groups excluding carboxylic acids is 1. The van der Waals surface area contributed by atoms with Crippen LogP contribution in [0.3, 0.4) is 0 Å². The predicted octanol–water partition coefficient (Wildman–Crippen LogP) is 4.66. The molecule has 0 aliphatic heterocycles. The van der Waals surface area contributed by atoms with Crippen LogP contribution in [0.25, 0.3) is 11.4 Å². The summed E-state index contributed by atoms with van der Waals surface area (Å²) in [5, 5.41) is 12.8. The fourth-order valence-corrected chi connectivity index (χ4v) is 3.69. The maximum Gasteiger partial charge on any atom is 0.234 e. The highest BCUT2D eigenvalue weighted by atomic mass is 35.5. The van der Waals surface area contributed by atoms with Gasteiger partial charge in [-0.05, 0) is 48.9 Å². The molecule has 0 aliphatic carbocycles. The first kappa shape index (κ1) is 19.8. The lowest BCUT2D eigenvalue weighted by molar-refractivity contribution is -0.113. The van der Waals surface area contributed by atoms with Crippen molar-refractivity contribution in [2.45, 2.75) is 12.1 Å². The molecular weight excluding hydrogens is 429 g/mol. The van der Waals surface area contributed by atoms with Crippen molar-refractivity contribution in [2.24, 2.45) is 0 Å². The third-order valence-corrected chi connectivity index (χ3v) is 5.36. The number of aromatic nitrogens is 3. The average molecular weight is 443 g/mol. The van der Waals surface area contributed by atoms with Crippen molar-refractivity contribution in [1.82, 2.24) is 14.9 Å². The standard InChI is InChI=1S/C17H14Cl3N5OS/c1-9-6-10(18)3-5-14(9)22-15(26)8-27-17-24-23-16(25(17)21)12-4-2-11(19)7-13(12)20/h2-7H,8,21H2,1H3,(H,22,26). The van der Waals surface area contributed by atoms with E-state index in [0.29, 0.717) is 37.3 Å². The molecule has 140 valence electrons. The van der Waals surface area contributed by atoms with Gasteiger partial charge in [0.1, 0.15) is 0 Å². The Morgan fingerprint density at radius 3 is 2.56 bits per heavy atom. The maximum atomic E-state index is 12.2. The molecule has 0 unspecified atom stereocenters. The number of rotatable bonds is 5. The number of nitrogen functional groups attached to an aromatic ring is 1. The molecule has 0 fully saturated rings. The highest BCUT2D eigenvalue weighted by molar-refractivity contribution is 7.99. The number of amides is 1. The summed E-state index contributed by atoms with van der Waals surface area (Å²) in [6.07, 6.45) is 0. The number of anilines is 1. The fraction of sp³-hybridized carbons (Fsp3) is 0.118. The molecule has 27 heavy (non-hydrogen) atoms. The summed E-state index contributed by atoms with van der Waals surface area (Å²) in [7, 11) is 0. The predicted molar refractivity (Wildman–Crippen MR) is 111 cm³/mol. The number of halogens is 3. The molecular formula is C17H14Cl3N5OS. The van der Waals surface area contributed by atoms with Crippen LogP contribution in [-0.4, -0.2) is 26.5 Å². The number of carbonyl (C=O) groups is 1.